The molecule has 1 rings (SSSR count). The van der Waals surface area contributed by atoms with Crippen LogP contribution in [0.5, 0.6) is 0 Å². The van der Waals surface area contributed by atoms with Crippen LogP contribution in [0, 0.1) is 5.41 Å². The Balaban J connectivity index is 2.73. The van der Waals surface area contributed by atoms with Gasteiger partial charge in [0.05, 0.1) is 5.75 Å². The number of nitrogens with zero attached hydrogens (tertiary/aromatic N) is 1. The summed E-state index contributed by atoms with van der Waals surface area (Å²) < 4.78 is 0. The molecule has 15 heavy (non-hydrogen) atoms. The smallest absolute Gasteiger partial charge is 0.273 e. The van der Waals surface area contributed by atoms with Crippen LogP contribution in [0.25, 0.3) is 0 Å². The van der Waals surface area contributed by atoms with Gasteiger partial charge in [-0.3, -0.25) is 14.5 Å². The van der Waals surface area contributed by atoms with Gasteiger partial charge >= 0.3 is 0 Å². The van der Waals surface area contributed by atoms with E-state index in [1.54, 1.807) is 0 Å². The topological polar surface area (TPSA) is 37.4 Å². The number of imide groups is 1. The van der Waals surface area contributed by atoms with Gasteiger partial charge in [0, 0.05) is 6.54 Å². The van der Waals surface area contributed by atoms with Crippen molar-refractivity contribution in [2.24, 2.45) is 5.41 Å². The van der Waals surface area contributed by atoms with Crippen LogP contribution >= 0.6 is 24.4 Å². The maximum Gasteiger partial charge on any atom is 0.288 e. The third-order valence-electron chi connectivity index (χ3n) is 3.17. The lowest BCUT2D eigenvalue weighted by Crippen LogP contribution is -2.41. The van der Waals surface area contributed by atoms with Gasteiger partial charge in [0.2, 0.25) is 5.91 Å². The molecule has 5 heteroatoms. The molecule has 2 amide bonds. The summed E-state index contributed by atoms with van der Waals surface area (Å²) in [6, 6.07) is 0. The zero-order chi connectivity index (χ0) is 11.5. The highest BCUT2D eigenvalue weighted by atomic mass is 32.2. The van der Waals surface area contributed by atoms with E-state index in [0.717, 1.165) is 24.6 Å². The van der Waals surface area contributed by atoms with Crippen LogP contribution in [-0.2, 0) is 4.79 Å². The summed E-state index contributed by atoms with van der Waals surface area (Å²) in [4.78, 5) is 24.3. The molecule has 86 valence electrons. The Hall–Kier alpha value is -0.160. The number of carbonyl (C=O) groups is 2. The van der Waals surface area contributed by atoms with Gasteiger partial charge in [0.1, 0.15) is 0 Å². The van der Waals surface area contributed by atoms with Crippen molar-refractivity contribution in [3.63, 3.8) is 0 Å². The Morgan fingerprint density at radius 1 is 1.40 bits per heavy atom. The Morgan fingerprint density at radius 2 is 2.00 bits per heavy atom. The average Bonchev–Trinajstić information content (AvgIpc) is 2.57. The quantitative estimate of drug-likeness (QED) is 0.758. The Bertz CT molecular complexity index is 240. The molecule has 0 saturated carbocycles. The molecular formula is C10H17NO2S2. The van der Waals surface area contributed by atoms with Crippen LogP contribution in [0.1, 0.15) is 26.7 Å². The lowest BCUT2D eigenvalue weighted by molar-refractivity contribution is -0.125. The fourth-order valence-electron chi connectivity index (χ4n) is 1.62. The van der Waals surface area contributed by atoms with E-state index in [2.05, 4.69) is 26.5 Å². The molecule has 0 bridgehead atoms. The monoisotopic (exact) mass is 247 g/mol. The fourth-order valence-corrected chi connectivity index (χ4v) is 2.89. The summed E-state index contributed by atoms with van der Waals surface area (Å²) in [5, 5.41) is -0.104. The van der Waals surface area contributed by atoms with Crippen molar-refractivity contribution >= 4 is 35.5 Å². The second-order valence-electron chi connectivity index (χ2n) is 3.90. The molecule has 1 fully saturated rings. The zero-order valence-corrected chi connectivity index (χ0v) is 10.9. The number of carbonyl (C=O) groups excluding carboxylic acids is 2. The summed E-state index contributed by atoms with van der Waals surface area (Å²) in [5.41, 5.74) is -0.0146. The predicted molar refractivity (Wildman–Crippen MR) is 66.4 cm³/mol. The van der Waals surface area contributed by atoms with Crippen molar-refractivity contribution < 1.29 is 9.59 Å². The first kappa shape index (κ1) is 12.9. The SMILES string of the molecule is CCC(CC)(CS)CN1C(=O)CSC1=O. The van der Waals surface area contributed by atoms with Crippen molar-refractivity contribution in [3.05, 3.63) is 0 Å². The Morgan fingerprint density at radius 3 is 2.33 bits per heavy atom. The summed E-state index contributed by atoms with van der Waals surface area (Å²) in [7, 11) is 0. The number of amides is 2. The van der Waals surface area contributed by atoms with Crippen molar-refractivity contribution in [2.45, 2.75) is 26.7 Å². The number of thiol groups is 1. The number of hydrogen-bond donors (Lipinski definition) is 1. The highest BCUT2D eigenvalue weighted by Crippen LogP contribution is 2.32. The average molecular weight is 247 g/mol. The van der Waals surface area contributed by atoms with Crippen LogP contribution < -0.4 is 0 Å². The molecule has 0 aromatic rings. The second kappa shape index (κ2) is 5.25. The van der Waals surface area contributed by atoms with Crippen LogP contribution in [0.4, 0.5) is 4.79 Å². The first-order valence-electron chi connectivity index (χ1n) is 5.16. The lowest BCUT2D eigenvalue weighted by atomic mass is 9.84. The fraction of sp³-hybridized carbons (Fsp3) is 0.800. The normalized spacial score (nSPS) is 17.7. The van der Waals surface area contributed by atoms with E-state index in [-0.39, 0.29) is 16.6 Å². The molecule has 0 atom stereocenters. The van der Waals surface area contributed by atoms with Crippen molar-refractivity contribution in [1.82, 2.24) is 4.90 Å². The van der Waals surface area contributed by atoms with Crippen LogP contribution in [-0.4, -0.2) is 34.1 Å². The number of hydrogen-bond acceptors (Lipinski definition) is 4. The van der Waals surface area contributed by atoms with E-state index in [1.807, 2.05) is 0 Å². The molecule has 0 unspecified atom stereocenters. The van der Waals surface area contributed by atoms with Crippen molar-refractivity contribution in [2.75, 3.05) is 18.1 Å². The molecule has 0 aromatic heterocycles. The van der Waals surface area contributed by atoms with Gasteiger partial charge in [-0.2, -0.15) is 12.6 Å². The highest BCUT2D eigenvalue weighted by molar-refractivity contribution is 8.14. The van der Waals surface area contributed by atoms with E-state index < -0.39 is 0 Å². The molecule has 0 radical (unpaired) electrons. The molecular weight excluding hydrogens is 230 g/mol. The zero-order valence-electron chi connectivity index (χ0n) is 9.15. The molecule has 0 spiro atoms. The van der Waals surface area contributed by atoms with E-state index in [9.17, 15) is 9.59 Å². The maximum absolute atomic E-state index is 11.5. The van der Waals surface area contributed by atoms with Gasteiger partial charge < -0.3 is 0 Å². The Labute approximate surface area is 100 Å². The van der Waals surface area contributed by atoms with Gasteiger partial charge in [-0.1, -0.05) is 25.6 Å². The minimum Gasteiger partial charge on any atom is -0.273 e. The van der Waals surface area contributed by atoms with Crippen LogP contribution in [0.2, 0.25) is 0 Å². The van der Waals surface area contributed by atoms with Crippen LogP contribution in [0.3, 0.4) is 0 Å². The predicted octanol–water partition coefficient (Wildman–Crippen LogP) is 2.42. The summed E-state index contributed by atoms with van der Waals surface area (Å²) in [6.07, 6.45) is 1.88. The van der Waals surface area contributed by atoms with Gasteiger partial charge in [0.15, 0.2) is 0 Å². The molecule has 3 nitrogen and oxygen atoms in total. The van der Waals surface area contributed by atoms with Gasteiger partial charge in [-0.15, -0.1) is 0 Å². The van der Waals surface area contributed by atoms with Gasteiger partial charge in [-0.25, -0.2) is 0 Å². The highest BCUT2D eigenvalue weighted by Gasteiger charge is 2.36. The number of thioether (sulfide) groups is 1. The van der Waals surface area contributed by atoms with E-state index >= 15 is 0 Å². The summed E-state index contributed by atoms with van der Waals surface area (Å²) >= 11 is 5.44. The minimum atomic E-state index is -0.104. The standard InChI is InChI=1S/C10H17NO2S2/c1-3-10(4-2,7-14)6-11-8(12)5-15-9(11)13/h14H,3-7H2,1-2H3. The molecule has 1 saturated heterocycles. The first-order valence-corrected chi connectivity index (χ1v) is 6.78. The maximum atomic E-state index is 11.5. The molecule has 1 aliphatic rings. The lowest BCUT2D eigenvalue weighted by Gasteiger charge is -2.33. The van der Waals surface area contributed by atoms with Gasteiger partial charge in [0.25, 0.3) is 5.24 Å². The van der Waals surface area contributed by atoms with E-state index in [0.29, 0.717) is 18.1 Å². The van der Waals surface area contributed by atoms with Gasteiger partial charge in [-0.05, 0) is 24.0 Å². The molecule has 0 N–H and O–H groups in total. The van der Waals surface area contributed by atoms with Crippen molar-refractivity contribution in [3.8, 4) is 0 Å². The molecule has 0 aromatic carbocycles. The molecule has 1 aliphatic heterocycles. The molecule has 1 heterocycles. The molecule has 0 aliphatic carbocycles. The minimum absolute atomic E-state index is 0.0146. The number of rotatable bonds is 5. The summed E-state index contributed by atoms with van der Waals surface area (Å²) in [6.45, 7) is 4.68. The first-order chi connectivity index (χ1) is 7.08. The van der Waals surface area contributed by atoms with E-state index in [1.165, 1.54) is 4.90 Å². The largest absolute Gasteiger partial charge is 0.288 e. The third-order valence-corrected chi connectivity index (χ3v) is 4.70. The third kappa shape index (κ3) is 2.69. The van der Waals surface area contributed by atoms with E-state index in [4.69, 9.17) is 0 Å². The second-order valence-corrected chi connectivity index (χ2v) is 5.14. The summed E-state index contributed by atoms with van der Waals surface area (Å²) in [5.74, 6) is 0.953. The Kier molecular flexibility index (Phi) is 4.52. The van der Waals surface area contributed by atoms with Crippen molar-refractivity contribution in [1.29, 1.82) is 0 Å². The van der Waals surface area contributed by atoms with Crippen LogP contribution in [0.15, 0.2) is 0 Å².